The summed E-state index contributed by atoms with van der Waals surface area (Å²) in [5, 5.41) is 10.6. The molecule has 0 aliphatic carbocycles. The van der Waals surface area contributed by atoms with E-state index in [0.29, 0.717) is 4.57 Å². The van der Waals surface area contributed by atoms with Crippen molar-refractivity contribution < 1.29 is 18.9 Å². The minimum Gasteiger partial charge on any atom is -0.448 e. The van der Waals surface area contributed by atoms with Crippen molar-refractivity contribution in [1.29, 1.82) is 0 Å². The summed E-state index contributed by atoms with van der Waals surface area (Å²) < 4.78 is 10.5. The van der Waals surface area contributed by atoms with Gasteiger partial charge >= 0.3 is 11.8 Å². The molecule has 0 aliphatic heterocycles. The molecule has 8 nitrogen and oxygen atoms in total. The summed E-state index contributed by atoms with van der Waals surface area (Å²) in [7, 11) is 0. The quantitative estimate of drug-likeness (QED) is 0.630. The van der Waals surface area contributed by atoms with Crippen LogP contribution in [0.3, 0.4) is 0 Å². The molecule has 0 N–H and O–H groups in total. The highest BCUT2D eigenvalue weighted by Gasteiger charge is 2.19. The molecule has 1 aromatic carbocycles. The van der Waals surface area contributed by atoms with Gasteiger partial charge in [-0.25, -0.2) is 9.59 Å². The lowest BCUT2D eigenvalue weighted by Crippen LogP contribution is -2.25. The van der Waals surface area contributed by atoms with E-state index in [1.54, 1.807) is 0 Å². The highest BCUT2D eigenvalue weighted by molar-refractivity contribution is 5.86. The third-order valence-corrected chi connectivity index (χ3v) is 2.50. The second-order valence-electron chi connectivity index (χ2n) is 4.58. The number of nitro groups is 1. The van der Waals surface area contributed by atoms with Crippen LogP contribution in [-0.2, 0) is 4.74 Å². The van der Waals surface area contributed by atoms with Crippen molar-refractivity contribution in [3.8, 4) is 0 Å². The summed E-state index contributed by atoms with van der Waals surface area (Å²) in [6.45, 7) is 3.87. The van der Waals surface area contributed by atoms with E-state index >= 15 is 0 Å². The number of hydrogen-bond donors (Lipinski definition) is 0. The van der Waals surface area contributed by atoms with Gasteiger partial charge in [-0.15, -0.1) is 0 Å². The number of carbonyl (C=O) groups is 1. The van der Waals surface area contributed by atoms with Crippen molar-refractivity contribution >= 4 is 22.9 Å². The minimum absolute atomic E-state index is 0.0364. The molecule has 20 heavy (non-hydrogen) atoms. The van der Waals surface area contributed by atoms with Gasteiger partial charge in [-0.1, -0.05) is 13.8 Å². The molecule has 0 saturated heterocycles. The predicted molar refractivity (Wildman–Crippen MR) is 68.7 cm³/mol. The number of nitro benzene ring substituents is 1. The number of hydrogen-bond acceptors (Lipinski definition) is 6. The molecule has 1 aromatic heterocycles. The molecule has 0 atom stereocenters. The van der Waals surface area contributed by atoms with Gasteiger partial charge < -0.3 is 9.15 Å². The first-order chi connectivity index (χ1) is 9.40. The van der Waals surface area contributed by atoms with Gasteiger partial charge in [0.2, 0.25) is 0 Å². The van der Waals surface area contributed by atoms with Crippen molar-refractivity contribution in [3.05, 3.63) is 38.9 Å². The Kier molecular flexibility index (Phi) is 3.55. The molecule has 0 spiro atoms. The molecule has 0 saturated carbocycles. The van der Waals surface area contributed by atoms with E-state index in [-0.39, 0.29) is 29.3 Å². The number of benzene rings is 1. The monoisotopic (exact) mass is 280 g/mol. The Morgan fingerprint density at radius 1 is 1.50 bits per heavy atom. The third-order valence-electron chi connectivity index (χ3n) is 2.50. The van der Waals surface area contributed by atoms with Gasteiger partial charge in [0.25, 0.3) is 5.69 Å². The van der Waals surface area contributed by atoms with E-state index in [4.69, 9.17) is 9.15 Å². The summed E-state index contributed by atoms with van der Waals surface area (Å²) in [6, 6.07) is 3.54. The second kappa shape index (κ2) is 5.16. The molecule has 8 heteroatoms. The first kappa shape index (κ1) is 13.8. The molecule has 2 aromatic rings. The molecule has 0 radical (unpaired) electrons. The van der Waals surface area contributed by atoms with Crippen molar-refractivity contribution in [3.63, 3.8) is 0 Å². The van der Waals surface area contributed by atoms with Crippen LogP contribution >= 0.6 is 0 Å². The number of rotatable bonds is 3. The van der Waals surface area contributed by atoms with E-state index in [0.717, 1.165) is 6.07 Å². The van der Waals surface area contributed by atoms with Crippen molar-refractivity contribution in [2.75, 3.05) is 6.61 Å². The Labute approximate surface area is 112 Å². The number of ether oxygens (including phenoxy) is 1. The predicted octanol–water partition coefficient (Wildman–Crippen LogP) is 2.14. The molecule has 1 heterocycles. The average Bonchev–Trinajstić information content (AvgIpc) is 2.70. The van der Waals surface area contributed by atoms with Crippen LogP contribution in [0.2, 0.25) is 0 Å². The first-order valence-corrected chi connectivity index (χ1v) is 5.87. The summed E-state index contributed by atoms with van der Waals surface area (Å²) in [5.41, 5.74) is -0.131. The maximum atomic E-state index is 11.8. The Bertz CT molecular complexity index is 727. The molecular weight excluding hydrogens is 268 g/mol. The van der Waals surface area contributed by atoms with Gasteiger partial charge in [-0.2, -0.15) is 4.57 Å². The van der Waals surface area contributed by atoms with E-state index in [2.05, 4.69) is 0 Å². The molecular formula is C12H12N2O6. The minimum atomic E-state index is -0.936. The van der Waals surface area contributed by atoms with Crippen LogP contribution in [0.4, 0.5) is 10.5 Å². The Morgan fingerprint density at radius 2 is 2.20 bits per heavy atom. The molecule has 106 valence electrons. The fourth-order valence-corrected chi connectivity index (χ4v) is 1.60. The molecule has 0 fully saturated rings. The number of aromatic nitrogens is 1. The van der Waals surface area contributed by atoms with Gasteiger partial charge in [0.15, 0.2) is 5.58 Å². The average molecular weight is 280 g/mol. The number of fused-ring (bicyclic) bond motifs is 1. The van der Waals surface area contributed by atoms with Crippen LogP contribution in [-0.4, -0.2) is 22.2 Å². The Morgan fingerprint density at radius 3 is 2.80 bits per heavy atom. The number of non-ortho nitro benzene ring substituents is 1. The smallest absolute Gasteiger partial charge is 0.429 e. The van der Waals surface area contributed by atoms with Crippen molar-refractivity contribution in [2.24, 2.45) is 5.92 Å². The molecule has 0 bridgehead atoms. The van der Waals surface area contributed by atoms with E-state index in [9.17, 15) is 19.7 Å². The van der Waals surface area contributed by atoms with E-state index in [1.165, 1.54) is 12.1 Å². The van der Waals surface area contributed by atoms with Gasteiger partial charge in [-0.3, -0.25) is 10.1 Å². The lowest BCUT2D eigenvalue weighted by atomic mass is 10.2. The maximum absolute atomic E-state index is 11.8. The standard InChI is InChI=1S/C12H12N2O6/c1-7(2)6-19-11(15)13-9-4-3-8(14(17)18)5-10(9)20-12(13)16/h3-5,7H,6H2,1-2H3. The lowest BCUT2D eigenvalue weighted by Gasteiger charge is -2.06. The number of carbonyl (C=O) groups excluding carboxylic acids is 1. The normalized spacial score (nSPS) is 10.9. The summed E-state index contributed by atoms with van der Waals surface area (Å²) in [6.07, 6.45) is -0.865. The topological polar surface area (TPSA) is 105 Å². The second-order valence-corrected chi connectivity index (χ2v) is 4.58. The van der Waals surface area contributed by atoms with E-state index in [1.807, 2.05) is 13.8 Å². The van der Waals surface area contributed by atoms with Gasteiger partial charge in [0, 0.05) is 6.07 Å². The first-order valence-electron chi connectivity index (χ1n) is 5.87. The SMILES string of the molecule is CC(C)COC(=O)n1c(=O)oc2cc([N+](=O)[O-])ccc21. The summed E-state index contributed by atoms with van der Waals surface area (Å²) in [4.78, 5) is 33.5. The van der Waals surface area contributed by atoms with Crippen LogP contribution in [0.25, 0.3) is 11.1 Å². The number of oxazole rings is 1. The largest absolute Gasteiger partial charge is 0.448 e. The molecule has 2 rings (SSSR count). The third kappa shape index (κ3) is 2.53. The summed E-state index contributed by atoms with van der Waals surface area (Å²) in [5.74, 6) is -0.817. The highest BCUT2D eigenvalue weighted by atomic mass is 16.6. The van der Waals surface area contributed by atoms with Gasteiger partial charge in [0.05, 0.1) is 17.6 Å². The molecule has 0 aliphatic rings. The fraction of sp³-hybridized carbons (Fsp3) is 0.333. The Balaban J connectivity index is 2.44. The Hall–Kier alpha value is -2.64. The molecule has 0 amide bonds. The van der Waals surface area contributed by atoms with Crippen LogP contribution in [0.15, 0.2) is 27.4 Å². The van der Waals surface area contributed by atoms with Gasteiger partial charge in [-0.05, 0) is 12.0 Å². The zero-order valence-corrected chi connectivity index (χ0v) is 10.9. The van der Waals surface area contributed by atoms with Crippen molar-refractivity contribution in [2.45, 2.75) is 13.8 Å². The van der Waals surface area contributed by atoms with Crippen molar-refractivity contribution in [1.82, 2.24) is 4.57 Å². The zero-order valence-electron chi connectivity index (χ0n) is 10.9. The zero-order chi connectivity index (χ0) is 14.9. The van der Waals surface area contributed by atoms with Crippen LogP contribution in [0, 0.1) is 16.0 Å². The van der Waals surface area contributed by atoms with E-state index < -0.39 is 16.8 Å². The number of nitrogens with zero attached hydrogens (tertiary/aromatic N) is 2. The maximum Gasteiger partial charge on any atom is 0.429 e. The highest BCUT2D eigenvalue weighted by Crippen LogP contribution is 2.20. The molecule has 0 unspecified atom stereocenters. The van der Waals surface area contributed by atoms with Crippen LogP contribution in [0.1, 0.15) is 13.8 Å². The lowest BCUT2D eigenvalue weighted by molar-refractivity contribution is -0.384. The van der Waals surface area contributed by atoms with Crippen LogP contribution in [0.5, 0.6) is 0 Å². The van der Waals surface area contributed by atoms with Gasteiger partial charge in [0.1, 0.15) is 5.52 Å². The fourth-order valence-electron chi connectivity index (χ4n) is 1.60. The van der Waals surface area contributed by atoms with Crippen LogP contribution < -0.4 is 5.76 Å². The summed E-state index contributed by atoms with van der Waals surface area (Å²) >= 11 is 0.